The van der Waals surface area contributed by atoms with Crippen molar-refractivity contribution in [2.24, 2.45) is 0 Å². The predicted molar refractivity (Wildman–Crippen MR) is 89.0 cm³/mol. The third-order valence-corrected chi connectivity index (χ3v) is 4.48. The van der Waals surface area contributed by atoms with E-state index >= 15 is 0 Å². The molecule has 2 aromatic rings. The zero-order valence-electron chi connectivity index (χ0n) is 13.8. The molecule has 0 fully saturated rings. The van der Waals surface area contributed by atoms with E-state index in [0.717, 1.165) is 5.69 Å². The molecule has 0 aliphatic carbocycles. The molecule has 0 aliphatic heterocycles. The van der Waals surface area contributed by atoms with E-state index in [-0.39, 0.29) is 11.2 Å². The molecule has 0 radical (unpaired) electrons. The predicted octanol–water partition coefficient (Wildman–Crippen LogP) is 2.02. The van der Waals surface area contributed by atoms with Crippen LogP contribution in [0.1, 0.15) is 20.8 Å². The van der Waals surface area contributed by atoms with Gasteiger partial charge < -0.3 is 9.64 Å². The van der Waals surface area contributed by atoms with E-state index < -0.39 is 0 Å². The van der Waals surface area contributed by atoms with E-state index in [0.29, 0.717) is 24.0 Å². The second-order valence-electron chi connectivity index (χ2n) is 4.82. The van der Waals surface area contributed by atoms with Gasteiger partial charge in [0.1, 0.15) is 11.4 Å². The van der Waals surface area contributed by atoms with Crippen molar-refractivity contribution >= 4 is 17.7 Å². The van der Waals surface area contributed by atoms with Crippen molar-refractivity contribution in [3.05, 3.63) is 24.3 Å². The van der Waals surface area contributed by atoms with Crippen molar-refractivity contribution in [2.45, 2.75) is 31.2 Å². The summed E-state index contributed by atoms with van der Waals surface area (Å²) in [7, 11) is 1.60. The van der Waals surface area contributed by atoms with Crippen LogP contribution >= 0.6 is 11.8 Å². The molecule has 8 heteroatoms. The van der Waals surface area contributed by atoms with Gasteiger partial charge in [0.05, 0.1) is 12.4 Å². The Hall–Kier alpha value is -2.09. The van der Waals surface area contributed by atoms with Crippen molar-refractivity contribution in [2.75, 3.05) is 20.2 Å². The first-order valence-electron chi connectivity index (χ1n) is 7.49. The molecule has 1 amide bonds. The number of ether oxygens (including phenoxy) is 1. The van der Waals surface area contributed by atoms with Gasteiger partial charge in [0, 0.05) is 13.1 Å². The SMILES string of the molecule is CCN(CC)C(=O)C(C)Sc1nnnn1-c1ccccc1OC. The summed E-state index contributed by atoms with van der Waals surface area (Å²) in [6, 6.07) is 7.48. The number of methoxy groups -OCH3 is 1. The number of aromatic nitrogens is 4. The van der Waals surface area contributed by atoms with Crippen LogP contribution in [-0.4, -0.2) is 56.5 Å². The number of benzene rings is 1. The minimum absolute atomic E-state index is 0.0783. The Bertz CT molecular complexity index is 657. The maximum Gasteiger partial charge on any atom is 0.235 e. The molecule has 0 saturated heterocycles. The Labute approximate surface area is 140 Å². The number of nitrogens with zero attached hydrogens (tertiary/aromatic N) is 5. The lowest BCUT2D eigenvalue weighted by Gasteiger charge is -2.22. The number of thioether (sulfide) groups is 1. The Morgan fingerprint density at radius 3 is 2.70 bits per heavy atom. The third-order valence-electron chi connectivity index (χ3n) is 3.46. The first-order valence-corrected chi connectivity index (χ1v) is 8.37. The molecule has 0 aliphatic rings. The average Bonchev–Trinajstić information content (AvgIpc) is 3.03. The zero-order valence-corrected chi connectivity index (χ0v) is 14.6. The second-order valence-corrected chi connectivity index (χ2v) is 6.12. The molecule has 7 nitrogen and oxygen atoms in total. The molecule has 1 heterocycles. The summed E-state index contributed by atoms with van der Waals surface area (Å²) in [5.74, 6) is 0.749. The van der Waals surface area contributed by atoms with Gasteiger partial charge in [0.25, 0.3) is 0 Å². The maximum atomic E-state index is 12.4. The second kappa shape index (κ2) is 7.96. The quantitative estimate of drug-likeness (QED) is 0.721. The molecule has 0 bridgehead atoms. The summed E-state index contributed by atoms with van der Waals surface area (Å²) in [6.45, 7) is 7.19. The Kier molecular flexibility index (Phi) is 5.97. The molecule has 1 unspecified atom stereocenters. The smallest absolute Gasteiger partial charge is 0.235 e. The van der Waals surface area contributed by atoms with Crippen molar-refractivity contribution in [3.8, 4) is 11.4 Å². The summed E-state index contributed by atoms with van der Waals surface area (Å²) >= 11 is 1.34. The summed E-state index contributed by atoms with van der Waals surface area (Å²) in [6.07, 6.45) is 0. The fourth-order valence-corrected chi connectivity index (χ4v) is 3.09. The van der Waals surface area contributed by atoms with Crippen LogP contribution in [0.15, 0.2) is 29.4 Å². The van der Waals surface area contributed by atoms with Crippen LogP contribution in [0.2, 0.25) is 0 Å². The summed E-state index contributed by atoms with van der Waals surface area (Å²) in [5.41, 5.74) is 0.741. The Morgan fingerprint density at radius 1 is 1.35 bits per heavy atom. The standard InChI is InChI=1S/C15H21N5O2S/c1-5-19(6-2)14(21)11(3)23-15-16-17-18-20(15)12-9-7-8-10-13(12)22-4/h7-11H,5-6H2,1-4H3. The normalized spacial score (nSPS) is 12.0. The van der Waals surface area contributed by atoms with Crippen LogP contribution in [0.25, 0.3) is 5.69 Å². The minimum atomic E-state index is -0.269. The van der Waals surface area contributed by atoms with Gasteiger partial charge in [-0.3, -0.25) is 4.79 Å². The van der Waals surface area contributed by atoms with Gasteiger partial charge in [-0.2, -0.15) is 4.68 Å². The van der Waals surface area contributed by atoms with Gasteiger partial charge in [-0.1, -0.05) is 23.9 Å². The largest absolute Gasteiger partial charge is 0.494 e. The van der Waals surface area contributed by atoms with Crippen LogP contribution < -0.4 is 4.74 Å². The van der Waals surface area contributed by atoms with Crippen LogP contribution in [0.3, 0.4) is 0 Å². The number of carbonyl (C=O) groups is 1. The van der Waals surface area contributed by atoms with Crippen LogP contribution in [0.4, 0.5) is 0 Å². The van der Waals surface area contributed by atoms with Crippen LogP contribution in [-0.2, 0) is 4.79 Å². The number of rotatable bonds is 7. The van der Waals surface area contributed by atoms with Gasteiger partial charge in [-0.05, 0) is 43.3 Å². The molecule has 0 spiro atoms. The highest BCUT2D eigenvalue weighted by Gasteiger charge is 2.23. The van der Waals surface area contributed by atoms with Gasteiger partial charge in [0.15, 0.2) is 0 Å². The summed E-state index contributed by atoms with van der Waals surface area (Å²) in [4.78, 5) is 14.2. The number of carbonyl (C=O) groups excluding carboxylic acids is 1. The van der Waals surface area contributed by atoms with Crippen molar-refractivity contribution < 1.29 is 9.53 Å². The van der Waals surface area contributed by atoms with Gasteiger partial charge in [0.2, 0.25) is 11.1 Å². The lowest BCUT2D eigenvalue weighted by Crippen LogP contribution is -2.36. The Morgan fingerprint density at radius 2 is 2.04 bits per heavy atom. The van der Waals surface area contributed by atoms with E-state index in [4.69, 9.17) is 4.74 Å². The van der Waals surface area contributed by atoms with E-state index in [1.165, 1.54) is 11.8 Å². The van der Waals surface area contributed by atoms with E-state index in [2.05, 4.69) is 15.5 Å². The first-order chi connectivity index (χ1) is 11.1. The molecule has 2 rings (SSSR count). The molecule has 0 saturated carbocycles. The fraction of sp³-hybridized carbons (Fsp3) is 0.467. The van der Waals surface area contributed by atoms with Crippen molar-refractivity contribution in [1.29, 1.82) is 0 Å². The molecule has 124 valence electrons. The van der Waals surface area contributed by atoms with Crippen LogP contribution in [0.5, 0.6) is 5.75 Å². The summed E-state index contributed by atoms with van der Waals surface area (Å²) < 4.78 is 6.94. The molecule has 1 atom stereocenters. The highest BCUT2D eigenvalue weighted by Crippen LogP contribution is 2.28. The maximum absolute atomic E-state index is 12.4. The lowest BCUT2D eigenvalue weighted by atomic mass is 10.3. The number of hydrogen-bond donors (Lipinski definition) is 0. The summed E-state index contributed by atoms with van der Waals surface area (Å²) in [5, 5.41) is 12.1. The number of tetrazole rings is 1. The highest BCUT2D eigenvalue weighted by atomic mass is 32.2. The number of hydrogen-bond acceptors (Lipinski definition) is 6. The van der Waals surface area contributed by atoms with Gasteiger partial charge in [-0.25, -0.2) is 0 Å². The lowest BCUT2D eigenvalue weighted by molar-refractivity contribution is -0.129. The molecular weight excluding hydrogens is 314 g/mol. The molecule has 0 N–H and O–H groups in total. The number of para-hydroxylation sites is 2. The third kappa shape index (κ3) is 3.82. The molecule has 23 heavy (non-hydrogen) atoms. The topological polar surface area (TPSA) is 73.1 Å². The van der Waals surface area contributed by atoms with Gasteiger partial charge in [-0.15, -0.1) is 5.10 Å². The van der Waals surface area contributed by atoms with E-state index in [1.807, 2.05) is 45.0 Å². The fourth-order valence-electron chi connectivity index (χ4n) is 2.21. The monoisotopic (exact) mass is 335 g/mol. The van der Waals surface area contributed by atoms with E-state index in [1.54, 1.807) is 16.7 Å². The molecule has 1 aromatic carbocycles. The Balaban J connectivity index is 2.23. The zero-order chi connectivity index (χ0) is 16.8. The van der Waals surface area contributed by atoms with Crippen molar-refractivity contribution in [3.63, 3.8) is 0 Å². The van der Waals surface area contributed by atoms with Gasteiger partial charge >= 0.3 is 0 Å². The minimum Gasteiger partial charge on any atom is -0.494 e. The first kappa shape index (κ1) is 17.3. The highest BCUT2D eigenvalue weighted by molar-refractivity contribution is 8.00. The number of amides is 1. The van der Waals surface area contributed by atoms with Crippen molar-refractivity contribution in [1.82, 2.24) is 25.1 Å². The molecular formula is C15H21N5O2S. The molecule has 1 aromatic heterocycles. The van der Waals surface area contributed by atoms with Crippen LogP contribution in [0, 0.1) is 0 Å². The average molecular weight is 335 g/mol. The van der Waals surface area contributed by atoms with E-state index in [9.17, 15) is 4.79 Å².